The largest absolute Gasteiger partial charge is 0.467 e. The molecule has 0 spiro atoms. The number of ether oxygens (including phenoxy) is 1. The van der Waals surface area contributed by atoms with Gasteiger partial charge in [0, 0.05) is 10.9 Å². The van der Waals surface area contributed by atoms with Crippen molar-refractivity contribution < 1.29 is 27.1 Å². The van der Waals surface area contributed by atoms with Gasteiger partial charge in [0.15, 0.2) is 0 Å². The molecule has 9 nitrogen and oxygen atoms in total. The quantitative estimate of drug-likeness (QED) is 0.261. The molecule has 0 radical (unpaired) electrons. The Hall–Kier alpha value is -2.94. The number of carbonyl (C=O) groups excluding carboxylic acids is 2. The molecule has 0 aliphatic heterocycles. The number of rotatable bonds is 8. The summed E-state index contributed by atoms with van der Waals surface area (Å²) in [5.74, 6) is -1.93. The van der Waals surface area contributed by atoms with E-state index in [4.69, 9.17) is 4.74 Å². The predicted octanol–water partition coefficient (Wildman–Crippen LogP) is 4.67. The van der Waals surface area contributed by atoms with E-state index in [1.807, 2.05) is 0 Å². The zero-order valence-corrected chi connectivity index (χ0v) is 23.7. The van der Waals surface area contributed by atoms with Crippen LogP contribution in [0.25, 0.3) is 11.0 Å². The molecular weight excluding hydrogens is 655 g/mol. The van der Waals surface area contributed by atoms with Gasteiger partial charge in [-0.05, 0) is 64.0 Å². The van der Waals surface area contributed by atoms with Gasteiger partial charge in [0.25, 0.3) is 15.9 Å². The summed E-state index contributed by atoms with van der Waals surface area (Å²) in [5, 5.41) is 2.58. The number of amides is 1. The molecule has 1 amide bonds. The highest BCUT2D eigenvalue weighted by Crippen LogP contribution is 2.28. The van der Waals surface area contributed by atoms with Gasteiger partial charge < -0.3 is 10.1 Å². The van der Waals surface area contributed by atoms with E-state index in [1.54, 1.807) is 18.2 Å². The number of methoxy groups -OCH3 is 1. The Morgan fingerprint density at radius 3 is 2.62 bits per heavy atom. The van der Waals surface area contributed by atoms with E-state index >= 15 is 0 Å². The number of nitrogens with one attached hydrogen (secondary N) is 2. The van der Waals surface area contributed by atoms with Gasteiger partial charge in [-0.25, -0.2) is 17.6 Å². The molecule has 4 aromatic rings. The second-order valence-corrected chi connectivity index (χ2v) is 11.6. The third-order valence-corrected chi connectivity index (χ3v) is 8.26. The van der Waals surface area contributed by atoms with Crippen LogP contribution in [0, 0.1) is 5.82 Å². The minimum atomic E-state index is -4.17. The summed E-state index contributed by atoms with van der Waals surface area (Å²) in [5.41, 5.74) is 1.13. The van der Waals surface area contributed by atoms with Crippen LogP contribution in [-0.4, -0.2) is 42.2 Å². The van der Waals surface area contributed by atoms with Gasteiger partial charge in [-0.3, -0.25) is 9.52 Å². The van der Waals surface area contributed by atoms with E-state index in [0.717, 1.165) is 11.7 Å². The zero-order valence-electron chi connectivity index (χ0n) is 18.9. The summed E-state index contributed by atoms with van der Waals surface area (Å²) in [7, 11) is -2.99. The lowest BCUT2D eigenvalue weighted by atomic mass is 10.0. The van der Waals surface area contributed by atoms with Crippen LogP contribution in [0.3, 0.4) is 0 Å². The molecule has 0 unspecified atom stereocenters. The van der Waals surface area contributed by atoms with Gasteiger partial charge in [0.05, 0.1) is 34.6 Å². The second-order valence-electron chi connectivity index (χ2n) is 7.69. The van der Waals surface area contributed by atoms with E-state index in [-0.39, 0.29) is 32.6 Å². The molecule has 0 fully saturated rings. The van der Waals surface area contributed by atoms with Crippen LogP contribution in [-0.2, 0) is 26.0 Å². The molecule has 0 aliphatic carbocycles. The first-order valence-corrected chi connectivity index (χ1v) is 14.3. The molecule has 0 saturated carbocycles. The highest BCUT2D eigenvalue weighted by atomic mass is 79.9. The van der Waals surface area contributed by atoms with Crippen molar-refractivity contribution in [2.75, 3.05) is 11.8 Å². The maximum absolute atomic E-state index is 13.6. The lowest BCUT2D eigenvalue weighted by Crippen LogP contribution is -2.43. The molecule has 0 aliphatic rings. The molecule has 1 heterocycles. The minimum absolute atomic E-state index is 0.00764. The second kappa shape index (κ2) is 11.2. The molecule has 2 N–H and O–H groups in total. The van der Waals surface area contributed by atoms with Crippen molar-refractivity contribution in [3.8, 4) is 0 Å². The number of hydrogen-bond acceptors (Lipinski definition) is 8. The van der Waals surface area contributed by atoms with Gasteiger partial charge in [-0.1, -0.05) is 28.1 Å². The Morgan fingerprint density at radius 1 is 1.11 bits per heavy atom. The van der Waals surface area contributed by atoms with E-state index in [9.17, 15) is 22.4 Å². The van der Waals surface area contributed by atoms with Crippen molar-refractivity contribution in [2.45, 2.75) is 17.4 Å². The van der Waals surface area contributed by atoms with Crippen molar-refractivity contribution in [3.63, 3.8) is 0 Å². The van der Waals surface area contributed by atoms with Gasteiger partial charge in [-0.2, -0.15) is 8.75 Å². The molecule has 4 rings (SSSR count). The number of halogens is 3. The van der Waals surface area contributed by atoms with Gasteiger partial charge >= 0.3 is 5.97 Å². The molecule has 192 valence electrons. The summed E-state index contributed by atoms with van der Waals surface area (Å²) in [6.07, 6.45) is 0.00764. The SMILES string of the molecule is COC(=O)[C@H](Cc1ccc(F)c(Br)c1)NC(=O)c1ccc(Br)cc1NS(=O)(=O)c1cccc2nsnc12. The smallest absolute Gasteiger partial charge is 0.328 e. The number of hydrogen-bond donors (Lipinski definition) is 2. The highest BCUT2D eigenvalue weighted by Gasteiger charge is 2.26. The summed E-state index contributed by atoms with van der Waals surface area (Å²) < 4.78 is 56.2. The lowest BCUT2D eigenvalue weighted by molar-refractivity contribution is -0.142. The average Bonchev–Trinajstić information content (AvgIpc) is 3.34. The first-order valence-electron chi connectivity index (χ1n) is 10.5. The summed E-state index contributed by atoms with van der Waals surface area (Å²) in [6, 6.07) is 12.0. The monoisotopic (exact) mass is 670 g/mol. The molecule has 0 bridgehead atoms. The zero-order chi connectivity index (χ0) is 26.7. The number of carbonyl (C=O) groups is 2. The van der Waals surface area contributed by atoms with Crippen LogP contribution in [0.15, 0.2) is 68.4 Å². The minimum Gasteiger partial charge on any atom is -0.467 e. The van der Waals surface area contributed by atoms with Crippen molar-refractivity contribution in [1.82, 2.24) is 14.1 Å². The Labute approximate surface area is 232 Å². The van der Waals surface area contributed by atoms with Crippen LogP contribution < -0.4 is 10.0 Å². The van der Waals surface area contributed by atoms with Crippen LogP contribution >= 0.6 is 43.6 Å². The fraction of sp³-hybridized carbons (Fsp3) is 0.130. The number of benzene rings is 3. The first-order chi connectivity index (χ1) is 17.6. The Morgan fingerprint density at radius 2 is 1.89 bits per heavy atom. The van der Waals surface area contributed by atoms with E-state index in [0.29, 0.717) is 15.6 Å². The fourth-order valence-electron chi connectivity index (χ4n) is 3.47. The molecule has 1 atom stereocenters. The fourth-order valence-corrected chi connectivity index (χ4v) is 6.10. The highest BCUT2D eigenvalue weighted by molar-refractivity contribution is 9.10. The first kappa shape index (κ1) is 27.1. The van der Waals surface area contributed by atoms with Crippen LogP contribution in [0.2, 0.25) is 0 Å². The Balaban J connectivity index is 1.63. The van der Waals surface area contributed by atoms with Crippen LogP contribution in [0.4, 0.5) is 10.1 Å². The third-order valence-electron chi connectivity index (χ3n) is 5.22. The number of anilines is 1. The third kappa shape index (κ3) is 6.14. The summed E-state index contributed by atoms with van der Waals surface area (Å²) >= 11 is 7.27. The predicted molar refractivity (Wildman–Crippen MR) is 143 cm³/mol. The maximum Gasteiger partial charge on any atom is 0.328 e. The van der Waals surface area contributed by atoms with Gasteiger partial charge in [0.1, 0.15) is 27.8 Å². The summed E-state index contributed by atoms with van der Waals surface area (Å²) in [4.78, 5) is 25.6. The van der Waals surface area contributed by atoms with E-state index < -0.39 is 33.8 Å². The maximum atomic E-state index is 13.6. The van der Waals surface area contributed by atoms with Gasteiger partial charge in [-0.15, -0.1) is 0 Å². The number of sulfonamides is 1. The molecule has 0 saturated heterocycles. The number of esters is 1. The average molecular weight is 672 g/mol. The van der Waals surface area contributed by atoms with E-state index in [2.05, 4.69) is 50.6 Å². The molecule has 37 heavy (non-hydrogen) atoms. The van der Waals surface area contributed by atoms with Gasteiger partial charge in [0.2, 0.25) is 0 Å². The van der Waals surface area contributed by atoms with Crippen LogP contribution in [0.1, 0.15) is 15.9 Å². The van der Waals surface area contributed by atoms with Crippen molar-refractivity contribution in [2.24, 2.45) is 0 Å². The Bertz CT molecular complexity index is 1610. The molecular formula is C23H17Br2FN4O5S2. The number of aromatic nitrogens is 2. The molecule has 1 aromatic heterocycles. The molecule has 3 aromatic carbocycles. The normalized spacial score (nSPS) is 12.2. The van der Waals surface area contributed by atoms with Crippen molar-refractivity contribution >= 4 is 82.2 Å². The van der Waals surface area contributed by atoms with Crippen molar-refractivity contribution in [1.29, 1.82) is 0 Å². The van der Waals surface area contributed by atoms with Crippen molar-refractivity contribution in [3.05, 3.63) is 80.5 Å². The summed E-state index contributed by atoms with van der Waals surface area (Å²) in [6.45, 7) is 0. The lowest BCUT2D eigenvalue weighted by Gasteiger charge is -2.19. The number of fused-ring (bicyclic) bond motifs is 1. The molecule has 14 heteroatoms. The van der Waals surface area contributed by atoms with Crippen LogP contribution in [0.5, 0.6) is 0 Å². The Kier molecular flexibility index (Phi) is 8.21. The standard InChI is InChI=1S/C23H17Br2FN4O5S2/c1-35-23(32)19(10-12-5-8-16(26)15(25)9-12)27-22(31)14-7-6-13(24)11-18(14)30-37(33,34)20-4-2-3-17-21(20)29-36-28-17/h2-9,11,19,30H,10H2,1H3,(H,27,31)/t19-/m0/s1. The number of nitrogens with zero attached hydrogens (tertiary/aromatic N) is 2. The topological polar surface area (TPSA) is 127 Å². The van der Waals surface area contributed by atoms with E-state index in [1.165, 1.54) is 43.5 Å².